The van der Waals surface area contributed by atoms with Crippen LogP contribution in [0.1, 0.15) is 11.1 Å². The second-order valence-corrected chi connectivity index (χ2v) is 5.33. The Kier molecular flexibility index (Phi) is 4.94. The molecule has 4 N–H and O–H groups in total. The van der Waals surface area contributed by atoms with Crippen molar-refractivity contribution >= 4 is 33.7 Å². The molecule has 0 aliphatic rings. The molecule has 0 fully saturated rings. The maximum atomic E-state index is 11.7. The van der Waals surface area contributed by atoms with Crippen LogP contribution in [0.15, 0.2) is 52.0 Å². The molecule has 5 nitrogen and oxygen atoms in total. The number of aromatic hydroxyl groups is 1. The molecule has 0 aliphatic heterocycles. The third kappa shape index (κ3) is 4.61. The summed E-state index contributed by atoms with van der Waals surface area (Å²) < 4.78 is 0.815. The zero-order valence-electron chi connectivity index (χ0n) is 11.1. The number of anilines is 1. The number of phenolic OH excluding ortho intramolecular Hbond substituents is 1. The molecule has 108 valence electrons. The van der Waals surface area contributed by atoms with Gasteiger partial charge in [0.1, 0.15) is 5.75 Å². The lowest BCUT2D eigenvalue weighted by Crippen LogP contribution is -2.19. The van der Waals surface area contributed by atoms with Crippen LogP contribution in [-0.2, 0) is 11.2 Å². The number of carbonyl (C=O) groups excluding carboxylic acids is 1. The van der Waals surface area contributed by atoms with Crippen molar-refractivity contribution in [1.29, 1.82) is 0 Å². The first-order chi connectivity index (χ1) is 10.0. The predicted molar refractivity (Wildman–Crippen MR) is 86.1 cm³/mol. The number of nitrogen functional groups attached to an aromatic ring is 1. The van der Waals surface area contributed by atoms with Crippen molar-refractivity contribution in [2.24, 2.45) is 5.10 Å². The van der Waals surface area contributed by atoms with Crippen LogP contribution in [0.2, 0.25) is 0 Å². The highest BCUT2D eigenvalue weighted by atomic mass is 79.9. The summed E-state index contributed by atoms with van der Waals surface area (Å²) in [5.41, 5.74) is 10.0. The summed E-state index contributed by atoms with van der Waals surface area (Å²) in [6.07, 6.45) is 1.60. The van der Waals surface area contributed by atoms with Gasteiger partial charge in [-0.1, -0.05) is 28.1 Å². The van der Waals surface area contributed by atoms with Gasteiger partial charge in [0.2, 0.25) is 5.91 Å². The molecule has 0 aromatic heterocycles. The monoisotopic (exact) mass is 347 g/mol. The van der Waals surface area contributed by atoms with E-state index >= 15 is 0 Å². The number of nitrogens with zero attached hydrogens (tertiary/aromatic N) is 1. The maximum Gasteiger partial charge on any atom is 0.244 e. The van der Waals surface area contributed by atoms with E-state index in [2.05, 4.69) is 26.5 Å². The summed E-state index contributed by atoms with van der Waals surface area (Å²) in [4.78, 5) is 11.7. The smallest absolute Gasteiger partial charge is 0.244 e. The molecular formula is C15H14BrN3O2. The summed E-state index contributed by atoms with van der Waals surface area (Å²) in [6.45, 7) is 0. The highest BCUT2D eigenvalue weighted by Crippen LogP contribution is 2.19. The van der Waals surface area contributed by atoms with Crippen LogP contribution in [0.5, 0.6) is 5.75 Å². The molecule has 0 radical (unpaired) electrons. The molecule has 0 atom stereocenters. The lowest BCUT2D eigenvalue weighted by molar-refractivity contribution is -0.120. The first kappa shape index (κ1) is 15.1. The predicted octanol–water partition coefficient (Wildman–Crippen LogP) is 2.43. The van der Waals surface area contributed by atoms with Gasteiger partial charge in [-0.05, 0) is 35.9 Å². The van der Waals surface area contributed by atoms with Crippen LogP contribution in [0.25, 0.3) is 0 Å². The van der Waals surface area contributed by atoms with Crippen molar-refractivity contribution in [2.75, 3.05) is 5.73 Å². The van der Waals surface area contributed by atoms with Crippen LogP contribution in [-0.4, -0.2) is 17.2 Å². The van der Waals surface area contributed by atoms with Gasteiger partial charge in [0.15, 0.2) is 0 Å². The third-order valence-electron chi connectivity index (χ3n) is 2.73. The van der Waals surface area contributed by atoms with Gasteiger partial charge in [0, 0.05) is 15.7 Å². The summed E-state index contributed by atoms with van der Waals surface area (Å²) in [5.74, 6) is -0.153. The second-order valence-electron chi connectivity index (χ2n) is 4.41. The molecule has 0 saturated heterocycles. The standard InChI is InChI=1S/C15H14BrN3O2/c16-12-3-6-14(20)11(8-12)9-18-19-15(21)7-10-1-4-13(17)5-2-10/h1-6,8-9,20H,7,17H2,(H,19,21)/b18-9-. The quantitative estimate of drug-likeness (QED) is 0.451. The van der Waals surface area contributed by atoms with Crippen molar-refractivity contribution in [3.8, 4) is 5.75 Å². The van der Waals surface area contributed by atoms with Gasteiger partial charge in [-0.25, -0.2) is 5.43 Å². The van der Waals surface area contributed by atoms with Gasteiger partial charge in [-0.15, -0.1) is 0 Å². The van der Waals surface area contributed by atoms with Crippen molar-refractivity contribution in [1.82, 2.24) is 5.43 Å². The molecule has 0 spiro atoms. The highest BCUT2D eigenvalue weighted by molar-refractivity contribution is 9.10. The number of phenols is 1. The van der Waals surface area contributed by atoms with Gasteiger partial charge in [0.25, 0.3) is 0 Å². The minimum Gasteiger partial charge on any atom is -0.507 e. The molecule has 0 saturated carbocycles. The first-order valence-electron chi connectivity index (χ1n) is 6.19. The lowest BCUT2D eigenvalue weighted by atomic mass is 10.1. The number of hydrogen-bond donors (Lipinski definition) is 3. The fourth-order valence-electron chi connectivity index (χ4n) is 1.66. The fourth-order valence-corrected chi connectivity index (χ4v) is 2.04. The van der Waals surface area contributed by atoms with Crippen molar-refractivity contribution in [3.63, 3.8) is 0 Å². The minimum absolute atomic E-state index is 0.0923. The van der Waals surface area contributed by atoms with Crippen molar-refractivity contribution < 1.29 is 9.90 Å². The number of halogens is 1. The number of amides is 1. The second kappa shape index (κ2) is 6.90. The molecule has 1 amide bonds. The summed E-state index contributed by atoms with van der Waals surface area (Å²) in [6, 6.07) is 12.0. The van der Waals surface area contributed by atoms with Crippen LogP contribution in [0, 0.1) is 0 Å². The van der Waals surface area contributed by atoms with E-state index in [4.69, 9.17) is 5.73 Å². The van der Waals surface area contributed by atoms with E-state index in [1.165, 1.54) is 6.21 Å². The molecule has 2 aromatic rings. The number of carbonyl (C=O) groups is 1. The normalized spacial score (nSPS) is 10.7. The van der Waals surface area contributed by atoms with E-state index in [0.717, 1.165) is 10.0 Å². The van der Waals surface area contributed by atoms with E-state index in [-0.39, 0.29) is 18.1 Å². The molecule has 0 unspecified atom stereocenters. The Morgan fingerprint density at radius 1 is 1.29 bits per heavy atom. The van der Waals surface area contributed by atoms with Crippen molar-refractivity contribution in [2.45, 2.75) is 6.42 Å². The average Bonchev–Trinajstić information content (AvgIpc) is 2.45. The number of rotatable bonds is 4. The molecule has 6 heteroatoms. The van der Waals surface area contributed by atoms with Gasteiger partial charge in [-0.2, -0.15) is 5.10 Å². The van der Waals surface area contributed by atoms with Crippen LogP contribution in [0.3, 0.4) is 0 Å². The Morgan fingerprint density at radius 3 is 2.71 bits per heavy atom. The molecule has 0 bridgehead atoms. The first-order valence-corrected chi connectivity index (χ1v) is 6.99. The summed E-state index contributed by atoms with van der Waals surface area (Å²) in [7, 11) is 0. The summed E-state index contributed by atoms with van der Waals surface area (Å²) >= 11 is 3.30. The average molecular weight is 348 g/mol. The lowest BCUT2D eigenvalue weighted by Gasteiger charge is -2.02. The molecule has 2 rings (SSSR count). The molecule has 0 heterocycles. The number of benzene rings is 2. The summed E-state index contributed by atoms with van der Waals surface area (Å²) in [5, 5.41) is 13.5. The molecule has 21 heavy (non-hydrogen) atoms. The molecule has 0 aliphatic carbocycles. The van der Waals surface area contributed by atoms with Gasteiger partial charge in [-0.3, -0.25) is 4.79 Å². The van der Waals surface area contributed by atoms with E-state index in [0.29, 0.717) is 11.3 Å². The van der Waals surface area contributed by atoms with E-state index in [9.17, 15) is 9.90 Å². The number of nitrogens with one attached hydrogen (secondary N) is 1. The highest BCUT2D eigenvalue weighted by Gasteiger charge is 2.02. The Morgan fingerprint density at radius 2 is 2.00 bits per heavy atom. The number of hydrazone groups is 1. The molecule has 2 aromatic carbocycles. The topological polar surface area (TPSA) is 87.7 Å². The minimum atomic E-state index is -0.245. The zero-order chi connectivity index (χ0) is 15.2. The zero-order valence-corrected chi connectivity index (χ0v) is 12.7. The Hall–Kier alpha value is -2.34. The van der Waals surface area contributed by atoms with E-state index < -0.39 is 0 Å². The van der Waals surface area contributed by atoms with Gasteiger partial charge < -0.3 is 10.8 Å². The van der Waals surface area contributed by atoms with Crippen LogP contribution < -0.4 is 11.2 Å². The SMILES string of the molecule is Nc1ccc(CC(=O)N/N=C\c2cc(Br)ccc2O)cc1. The van der Waals surface area contributed by atoms with E-state index in [1.54, 1.807) is 42.5 Å². The van der Waals surface area contributed by atoms with Crippen molar-refractivity contribution in [3.05, 3.63) is 58.1 Å². The Labute approximate surface area is 130 Å². The number of nitrogens with two attached hydrogens (primary N) is 1. The Bertz CT molecular complexity index is 669. The molecular weight excluding hydrogens is 334 g/mol. The van der Waals surface area contributed by atoms with Crippen LogP contribution >= 0.6 is 15.9 Å². The van der Waals surface area contributed by atoms with Gasteiger partial charge in [0.05, 0.1) is 12.6 Å². The maximum absolute atomic E-state index is 11.7. The third-order valence-corrected chi connectivity index (χ3v) is 3.22. The van der Waals surface area contributed by atoms with Crippen LogP contribution in [0.4, 0.5) is 5.69 Å². The number of hydrogen-bond acceptors (Lipinski definition) is 4. The Balaban J connectivity index is 1.93. The van der Waals surface area contributed by atoms with Gasteiger partial charge >= 0.3 is 0 Å². The van der Waals surface area contributed by atoms with E-state index in [1.807, 2.05) is 0 Å². The largest absolute Gasteiger partial charge is 0.507 e. The fraction of sp³-hybridized carbons (Fsp3) is 0.0667.